The molecule has 0 radical (unpaired) electrons. The van der Waals surface area contributed by atoms with E-state index in [1.807, 2.05) is 43.3 Å². The van der Waals surface area contributed by atoms with E-state index in [1.165, 1.54) is 0 Å². The second-order valence-electron chi connectivity index (χ2n) is 3.75. The highest BCUT2D eigenvalue weighted by Gasteiger charge is 1.97. The molecule has 2 aromatic rings. The first-order chi connectivity index (χ1) is 8.15. The van der Waals surface area contributed by atoms with Gasteiger partial charge < -0.3 is 11.1 Å². The zero-order valence-electron chi connectivity index (χ0n) is 9.47. The van der Waals surface area contributed by atoms with Gasteiger partial charge >= 0.3 is 0 Å². The van der Waals surface area contributed by atoms with Gasteiger partial charge in [-0.15, -0.1) is 0 Å². The minimum atomic E-state index is 0.411. The van der Waals surface area contributed by atoms with Crippen LogP contribution < -0.4 is 11.1 Å². The maximum Gasteiger partial charge on any atom is 0.103 e. The van der Waals surface area contributed by atoms with Gasteiger partial charge in [0.15, 0.2) is 0 Å². The average Bonchev–Trinajstić information content (AvgIpc) is 2.33. The lowest BCUT2D eigenvalue weighted by molar-refractivity contribution is 1.20. The van der Waals surface area contributed by atoms with Gasteiger partial charge in [0.1, 0.15) is 4.99 Å². The predicted molar refractivity (Wildman–Crippen MR) is 74.6 cm³/mol. The zero-order chi connectivity index (χ0) is 12.3. The summed E-state index contributed by atoms with van der Waals surface area (Å²) in [5.41, 5.74) is 9.34. The number of nitrogens with zero attached hydrogens (tertiary/aromatic N) is 1. The van der Waals surface area contributed by atoms with E-state index in [4.69, 9.17) is 18.0 Å². The Labute approximate surface area is 106 Å². The lowest BCUT2D eigenvalue weighted by Crippen LogP contribution is -2.08. The van der Waals surface area contributed by atoms with Crippen LogP contribution in [0.5, 0.6) is 0 Å². The summed E-state index contributed by atoms with van der Waals surface area (Å²) >= 11 is 4.90. The highest BCUT2D eigenvalue weighted by molar-refractivity contribution is 7.80. The number of thiocarbonyl (C=S) groups is 1. The summed E-state index contributed by atoms with van der Waals surface area (Å²) in [6.07, 6.45) is 1.80. The summed E-state index contributed by atoms with van der Waals surface area (Å²) < 4.78 is 0. The van der Waals surface area contributed by atoms with Crippen molar-refractivity contribution in [3.05, 3.63) is 53.9 Å². The van der Waals surface area contributed by atoms with E-state index < -0.39 is 0 Å². The molecule has 0 aliphatic carbocycles. The van der Waals surface area contributed by atoms with Crippen LogP contribution >= 0.6 is 12.2 Å². The summed E-state index contributed by atoms with van der Waals surface area (Å²) in [5, 5.41) is 3.25. The van der Waals surface area contributed by atoms with E-state index in [2.05, 4.69) is 10.3 Å². The molecule has 0 atom stereocenters. The van der Waals surface area contributed by atoms with E-state index in [0.717, 1.165) is 22.6 Å². The predicted octanol–water partition coefficient (Wildman–Crippen LogP) is 2.77. The molecule has 86 valence electrons. The smallest absolute Gasteiger partial charge is 0.103 e. The van der Waals surface area contributed by atoms with Gasteiger partial charge in [0.2, 0.25) is 0 Å². The van der Waals surface area contributed by atoms with Gasteiger partial charge in [-0.05, 0) is 43.3 Å². The van der Waals surface area contributed by atoms with E-state index >= 15 is 0 Å². The minimum Gasteiger partial charge on any atom is -0.389 e. The molecule has 0 aliphatic heterocycles. The van der Waals surface area contributed by atoms with Crippen molar-refractivity contribution in [1.29, 1.82) is 0 Å². The summed E-state index contributed by atoms with van der Waals surface area (Å²) in [6.45, 7) is 1.96. The number of aromatic nitrogens is 1. The van der Waals surface area contributed by atoms with Gasteiger partial charge in [-0.2, -0.15) is 0 Å². The Balaban J connectivity index is 2.13. The van der Waals surface area contributed by atoms with E-state index in [1.54, 1.807) is 6.20 Å². The first kappa shape index (κ1) is 11.5. The number of pyridine rings is 1. The van der Waals surface area contributed by atoms with E-state index in [9.17, 15) is 0 Å². The molecule has 0 bridgehead atoms. The molecule has 3 N–H and O–H groups in total. The van der Waals surface area contributed by atoms with Gasteiger partial charge in [0.25, 0.3) is 0 Å². The summed E-state index contributed by atoms with van der Waals surface area (Å²) in [5.74, 6) is 0. The van der Waals surface area contributed by atoms with Crippen molar-refractivity contribution >= 4 is 28.6 Å². The Morgan fingerprint density at radius 1 is 1.12 bits per heavy atom. The molecular weight excluding hydrogens is 230 g/mol. The molecule has 0 fully saturated rings. The van der Waals surface area contributed by atoms with Crippen molar-refractivity contribution < 1.29 is 0 Å². The first-order valence-corrected chi connectivity index (χ1v) is 5.65. The van der Waals surface area contributed by atoms with Gasteiger partial charge in [-0.3, -0.25) is 4.98 Å². The summed E-state index contributed by atoms with van der Waals surface area (Å²) in [7, 11) is 0. The fourth-order valence-electron chi connectivity index (χ4n) is 1.43. The zero-order valence-corrected chi connectivity index (χ0v) is 10.3. The molecule has 0 saturated heterocycles. The third-order valence-corrected chi connectivity index (χ3v) is 2.61. The molecule has 1 aromatic heterocycles. The van der Waals surface area contributed by atoms with Gasteiger partial charge in [-0.1, -0.05) is 12.2 Å². The van der Waals surface area contributed by atoms with Crippen molar-refractivity contribution in [2.45, 2.75) is 6.92 Å². The Morgan fingerprint density at radius 2 is 1.76 bits per heavy atom. The van der Waals surface area contributed by atoms with Crippen LogP contribution in [-0.4, -0.2) is 9.97 Å². The van der Waals surface area contributed by atoms with Crippen molar-refractivity contribution in [3.63, 3.8) is 0 Å². The van der Waals surface area contributed by atoms with E-state index in [-0.39, 0.29) is 0 Å². The molecule has 1 aromatic carbocycles. The number of aryl methyl sites for hydroxylation is 1. The molecule has 0 saturated carbocycles. The SMILES string of the molecule is Cc1ccc(Nc2ccc(C(N)=S)cc2)cn1. The molecule has 0 spiro atoms. The molecule has 2 rings (SSSR count). The highest BCUT2D eigenvalue weighted by Crippen LogP contribution is 2.16. The first-order valence-electron chi connectivity index (χ1n) is 5.25. The molecule has 17 heavy (non-hydrogen) atoms. The Hall–Kier alpha value is -1.94. The maximum absolute atomic E-state index is 5.53. The molecule has 4 heteroatoms. The van der Waals surface area contributed by atoms with Crippen molar-refractivity contribution in [2.75, 3.05) is 5.32 Å². The molecule has 3 nitrogen and oxygen atoms in total. The lowest BCUT2D eigenvalue weighted by Gasteiger charge is -2.07. The second-order valence-corrected chi connectivity index (χ2v) is 4.19. The van der Waals surface area contributed by atoms with Crippen LogP contribution in [0.1, 0.15) is 11.3 Å². The monoisotopic (exact) mass is 243 g/mol. The van der Waals surface area contributed by atoms with Crippen LogP contribution in [0.25, 0.3) is 0 Å². The minimum absolute atomic E-state index is 0.411. The fraction of sp³-hybridized carbons (Fsp3) is 0.0769. The Kier molecular flexibility index (Phi) is 3.35. The van der Waals surface area contributed by atoms with Crippen LogP contribution in [0, 0.1) is 6.92 Å². The van der Waals surface area contributed by atoms with Crippen LogP contribution in [-0.2, 0) is 0 Å². The molecule has 0 unspecified atom stereocenters. The third kappa shape index (κ3) is 3.01. The number of hydrogen-bond donors (Lipinski definition) is 2. The number of hydrogen-bond acceptors (Lipinski definition) is 3. The maximum atomic E-state index is 5.53. The summed E-state index contributed by atoms with van der Waals surface area (Å²) in [6, 6.07) is 11.6. The van der Waals surface area contributed by atoms with Crippen LogP contribution in [0.2, 0.25) is 0 Å². The molecule has 0 amide bonds. The van der Waals surface area contributed by atoms with Crippen molar-refractivity contribution in [1.82, 2.24) is 4.98 Å². The van der Waals surface area contributed by atoms with Crippen LogP contribution in [0.4, 0.5) is 11.4 Å². The fourth-order valence-corrected chi connectivity index (χ4v) is 1.56. The molecular formula is C13H13N3S. The quantitative estimate of drug-likeness (QED) is 0.814. The second kappa shape index (κ2) is 4.93. The van der Waals surface area contributed by atoms with Gasteiger partial charge in [0.05, 0.1) is 11.9 Å². The van der Waals surface area contributed by atoms with Gasteiger partial charge in [0, 0.05) is 16.9 Å². The standard InChI is InChI=1S/C13H13N3S/c1-9-2-5-12(8-15-9)16-11-6-3-10(4-7-11)13(14)17/h2-8,16H,1H3,(H2,14,17). The average molecular weight is 243 g/mol. The number of nitrogens with two attached hydrogens (primary N) is 1. The normalized spacial score (nSPS) is 9.94. The number of rotatable bonds is 3. The third-order valence-electron chi connectivity index (χ3n) is 2.37. The van der Waals surface area contributed by atoms with Crippen molar-refractivity contribution in [2.24, 2.45) is 5.73 Å². The number of nitrogens with one attached hydrogen (secondary N) is 1. The van der Waals surface area contributed by atoms with Crippen molar-refractivity contribution in [3.8, 4) is 0 Å². The molecule has 1 heterocycles. The number of benzene rings is 1. The topological polar surface area (TPSA) is 50.9 Å². The highest BCUT2D eigenvalue weighted by atomic mass is 32.1. The molecule has 0 aliphatic rings. The number of anilines is 2. The van der Waals surface area contributed by atoms with Crippen LogP contribution in [0.15, 0.2) is 42.6 Å². The Bertz CT molecular complexity index is 517. The van der Waals surface area contributed by atoms with Gasteiger partial charge in [-0.25, -0.2) is 0 Å². The lowest BCUT2D eigenvalue weighted by atomic mass is 10.2. The Morgan fingerprint density at radius 3 is 2.29 bits per heavy atom. The summed E-state index contributed by atoms with van der Waals surface area (Å²) in [4.78, 5) is 4.63. The largest absolute Gasteiger partial charge is 0.389 e. The van der Waals surface area contributed by atoms with E-state index in [0.29, 0.717) is 4.99 Å². The van der Waals surface area contributed by atoms with Crippen LogP contribution in [0.3, 0.4) is 0 Å².